The zero-order valence-corrected chi connectivity index (χ0v) is 10.1. The van der Waals surface area contributed by atoms with Gasteiger partial charge in [0.2, 0.25) is 0 Å². The minimum absolute atomic E-state index is 0.0434. The van der Waals surface area contributed by atoms with Crippen LogP contribution in [0.3, 0.4) is 0 Å². The first-order chi connectivity index (χ1) is 8.09. The Bertz CT molecular complexity index is 416. The monoisotopic (exact) mass is 235 g/mol. The largest absolute Gasteiger partial charge is 0.476 e. The molecule has 5 nitrogen and oxygen atoms in total. The van der Waals surface area contributed by atoms with Crippen molar-refractivity contribution in [2.75, 3.05) is 11.4 Å². The number of carbonyl (C=O) groups is 1. The second-order valence-electron chi connectivity index (χ2n) is 4.72. The Morgan fingerprint density at radius 2 is 2.12 bits per heavy atom. The van der Waals surface area contributed by atoms with Gasteiger partial charge in [-0.2, -0.15) is 0 Å². The van der Waals surface area contributed by atoms with Gasteiger partial charge in [-0.25, -0.2) is 14.8 Å². The Labute approximate surface area is 100 Å². The molecule has 0 saturated heterocycles. The molecule has 0 radical (unpaired) electrons. The van der Waals surface area contributed by atoms with Gasteiger partial charge in [0.1, 0.15) is 0 Å². The number of hydrogen-bond acceptors (Lipinski definition) is 4. The summed E-state index contributed by atoms with van der Waals surface area (Å²) in [5.74, 6) is 0.150. The Hall–Kier alpha value is -1.65. The second-order valence-corrected chi connectivity index (χ2v) is 4.72. The lowest BCUT2D eigenvalue weighted by atomic mass is 10.2. The summed E-state index contributed by atoms with van der Waals surface area (Å²) < 4.78 is 0. The lowest BCUT2D eigenvalue weighted by Crippen LogP contribution is -2.35. The molecule has 0 aromatic carbocycles. The highest BCUT2D eigenvalue weighted by Crippen LogP contribution is 2.32. The van der Waals surface area contributed by atoms with Gasteiger partial charge in [0.25, 0.3) is 0 Å². The van der Waals surface area contributed by atoms with Crippen LogP contribution in [0.2, 0.25) is 0 Å². The molecule has 1 aromatic rings. The molecule has 92 valence electrons. The molecule has 1 saturated carbocycles. The fraction of sp³-hybridized carbons (Fsp3) is 0.583. The first-order valence-electron chi connectivity index (χ1n) is 5.90. The zero-order valence-electron chi connectivity index (χ0n) is 10.1. The summed E-state index contributed by atoms with van der Waals surface area (Å²) in [5.41, 5.74) is 0.0434. The Morgan fingerprint density at radius 3 is 2.65 bits per heavy atom. The smallest absolute Gasteiger partial charge is 0.358 e. The van der Waals surface area contributed by atoms with Crippen LogP contribution in [0.25, 0.3) is 0 Å². The maximum Gasteiger partial charge on any atom is 0.358 e. The standard InChI is InChI=1S/C12H17N3O2/c1-8(2)15(7-9-3-4-9)11-10(12(16)17)13-5-6-14-11/h5-6,8-9H,3-4,7H2,1-2H3,(H,16,17). The molecular weight excluding hydrogens is 218 g/mol. The molecule has 1 heterocycles. The van der Waals surface area contributed by atoms with Gasteiger partial charge in [0.05, 0.1) is 0 Å². The van der Waals surface area contributed by atoms with Crippen LogP contribution in [0.4, 0.5) is 5.82 Å². The first-order valence-corrected chi connectivity index (χ1v) is 5.90. The van der Waals surface area contributed by atoms with Crippen molar-refractivity contribution in [2.45, 2.75) is 32.7 Å². The van der Waals surface area contributed by atoms with Crippen LogP contribution in [0.5, 0.6) is 0 Å². The fourth-order valence-corrected chi connectivity index (χ4v) is 1.81. The minimum Gasteiger partial charge on any atom is -0.476 e. The van der Waals surface area contributed by atoms with Gasteiger partial charge >= 0.3 is 5.97 Å². The van der Waals surface area contributed by atoms with Crippen molar-refractivity contribution >= 4 is 11.8 Å². The molecule has 0 amide bonds. The Balaban J connectivity index is 2.30. The Kier molecular flexibility index (Phi) is 3.26. The first kappa shape index (κ1) is 11.8. The summed E-state index contributed by atoms with van der Waals surface area (Å²) in [4.78, 5) is 21.2. The number of carboxylic acid groups (broad SMARTS) is 1. The average molecular weight is 235 g/mol. The summed E-state index contributed by atoms with van der Waals surface area (Å²) >= 11 is 0. The number of anilines is 1. The van der Waals surface area contributed by atoms with Crippen molar-refractivity contribution < 1.29 is 9.90 Å². The third kappa shape index (κ3) is 2.72. The lowest BCUT2D eigenvalue weighted by Gasteiger charge is -2.28. The molecule has 1 aliphatic rings. The molecule has 0 unspecified atom stereocenters. The van der Waals surface area contributed by atoms with Crippen molar-refractivity contribution in [3.8, 4) is 0 Å². The maximum absolute atomic E-state index is 11.1. The highest BCUT2D eigenvalue weighted by molar-refractivity contribution is 5.91. The summed E-state index contributed by atoms with van der Waals surface area (Å²) in [5, 5.41) is 9.12. The number of rotatable bonds is 5. The third-order valence-electron chi connectivity index (χ3n) is 2.93. The van der Waals surface area contributed by atoms with Crippen LogP contribution in [-0.4, -0.2) is 33.6 Å². The van der Waals surface area contributed by atoms with E-state index in [1.54, 1.807) is 6.20 Å². The van der Waals surface area contributed by atoms with Crippen molar-refractivity contribution in [2.24, 2.45) is 5.92 Å². The quantitative estimate of drug-likeness (QED) is 0.843. The lowest BCUT2D eigenvalue weighted by molar-refractivity contribution is 0.0690. The van der Waals surface area contributed by atoms with Crippen LogP contribution >= 0.6 is 0 Å². The van der Waals surface area contributed by atoms with E-state index >= 15 is 0 Å². The van der Waals surface area contributed by atoms with Gasteiger partial charge in [-0.3, -0.25) is 0 Å². The predicted octanol–water partition coefficient (Wildman–Crippen LogP) is 1.80. The molecule has 1 aromatic heterocycles. The van der Waals surface area contributed by atoms with E-state index in [2.05, 4.69) is 9.97 Å². The van der Waals surface area contributed by atoms with Crippen LogP contribution in [0, 0.1) is 5.92 Å². The minimum atomic E-state index is -1.02. The molecule has 0 atom stereocenters. The van der Waals surface area contributed by atoms with Crippen LogP contribution < -0.4 is 4.90 Å². The topological polar surface area (TPSA) is 66.3 Å². The van der Waals surface area contributed by atoms with Crippen LogP contribution in [0.15, 0.2) is 12.4 Å². The van der Waals surface area contributed by atoms with Crippen molar-refractivity contribution in [3.63, 3.8) is 0 Å². The average Bonchev–Trinajstić information content (AvgIpc) is 3.09. The normalized spacial score (nSPS) is 15.0. The number of aromatic nitrogens is 2. The van der Waals surface area contributed by atoms with Gasteiger partial charge in [-0.15, -0.1) is 0 Å². The van der Waals surface area contributed by atoms with Gasteiger partial charge in [-0.05, 0) is 32.6 Å². The van der Waals surface area contributed by atoms with Gasteiger partial charge in [0, 0.05) is 25.0 Å². The highest BCUT2D eigenvalue weighted by atomic mass is 16.4. The maximum atomic E-state index is 11.1. The Morgan fingerprint density at radius 1 is 1.47 bits per heavy atom. The SMILES string of the molecule is CC(C)N(CC1CC1)c1nccnc1C(=O)O. The highest BCUT2D eigenvalue weighted by Gasteiger charge is 2.28. The van der Waals surface area contributed by atoms with Crippen LogP contribution in [-0.2, 0) is 0 Å². The molecule has 17 heavy (non-hydrogen) atoms. The molecule has 2 rings (SSSR count). The van der Waals surface area contributed by atoms with E-state index in [0.29, 0.717) is 11.7 Å². The van der Waals surface area contributed by atoms with Crippen molar-refractivity contribution in [3.05, 3.63) is 18.1 Å². The fourth-order valence-electron chi connectivity index (χ4n) is 1.81. The van der Waals surface area contributed by atoms with Gasteiger partial charge < -0.3 is 10.0 Å². The number of aromatic carboxylic acids is 1. The number of carboxylic acids is 1. The molecule has 1 N–H and O–H groups in total. The third-order valence-corrected chi connectivity index (χ3v) is 2.93. The van der Waals surface area contributed by atoms with E-state index in [-0.39, 0.29) is 11.7 Å². The van der Waals surface area contributed by atoms with Crippen LogP contribution in [0.1, 0.15) is 37.2 Å². The molecule has 0 bridgehead atoms. The van der Waals surface area contributed by atoms with E-state index in [9.17, 15) is 4.79 Å². The molecule has 0 spiro atoms. The summed E-state index contributed by atoms with van der Waals surface area (Å²) in [7, 11) is 0. The number of nitrogens with zero attached hydrogens (tertiary/aromatic N) is 3. The second kappa shape index (κ2) is 4.69. The summed E-state index contributed by atoms with van der Waals surface area (Å²) in [6.45, 7) is 4.96. The van der Waals surface area contributed by atoms with E-state index in [1.165, 1.54) is 19.0 Å². The summed E-state index contributed by atoms with van der Waals surface area (Å²) in [6.07, 6.45) is 5.42. The predicted molar refractivity (Wildman–Crippen MR) is 64.2 cm³/mol. The van der Waals surface area contributed by atoms with E-state index in [1.807, 2.05) is 18.7 Å². The molecule has 1 aliphatic carbocycles. The van der Waals surface area contributed by atoms with Crippen molar-refractivity contribution in [1.82, 2.24) is 9.97 Å². The van der Waals surface area contributed by atoms with Crippen molar-refractivity contribution in [1.29, 1.82) is 0 Å². The molecular formula is C12H17N3O2. The summed E-state index contributed by atoms with van der Waals surface area (Å²) in [6, 6.07) is 0.227. The zero-order chi connectivity index (χ0) is 12.4. The number of hydrogen-bond donors (Lipinski definition) is 1. The van der Waals surface area contributed by atoms with Gasteiger partial charge in [0.15, 0.2) is 11.5 Å². The molecule has 1 fully saturated rings. The molecule has 0 aliphatic heterocycles. The van der Waals surface area contributed by atoms with Gasteiger partial charge in [-0.1, -0.05) is 0 Å². The van der Waals surface area contributed by atoms with E-state index < -0.39 is 5.97 Å². The molecule has 5 heteroatoms. The van der Waals surface area contributed by atoms with E-state index in [0.717, 1.165) is 6.54 Å². The van der Waals surface area contributed by atoms with E-state index in [4.69, 9.17) is 5.11 Å².